The van der Waals surface area contributed by atoms with Crippen LogP contribution in [0.1, 0.15) is 57.6 Å². The normalized spacial score (nSPS) is 22.3. The topological polar surface area (TPSA) is 56.3 Å². The van der Waals surface area contributed by atoms with Gasteiger partial charge in [0.15, 0.2) is 0 Å². The molecule has 1 N–H and O–H groups in total. The smallest absolute Gasteiger partial charge is 0.236 e. The Hall–Kier alpha value is -1.88. The predicted molar refractivity (Wildman–Crippen MR) is 107 cm³/mol. The highest BCUT2D eigenvalue weighted by molar-refractivity contribution is 5.76. The summed E-state index contributed by atoms with van der Waals surface area (Å²) in [4.78, 5) is 9.71. The zero-order chi connectivity index (χ0) is 18.6. The highest BCUT2D eigenvalue weighted by Crippen LogP contribution is 2.34. The largest absolute Gasteiger partial charge is 0.497 e. The highest BCUT2D eigenvalue weighted by atomic mass is 16.5. The van der Waals surface area contributed by atoms with E-state index < -0.39 is 0 Å². The van der Waals surface area contributed by atoms with E-state index in [0.29, 0.717) is 11.9 Å². The highest BCUT2D eigenvalue weighted by Gasteiger charge is 2.24. The molecule has 4 rings (SSSR count). The molecule has 2 fully saturated rings. The molecule has 27 heavy (non-hydrogen) atoms. The van der Waals surface area contributed by atoms with Gasteiger partial charge in [0, 0.05) is 25.1 Å². The quantitative estimate of drug-likeness (QED) is 0.669. The van der Waals surface area contributed by atoms with E-state index in [4.69, 9.17) is 19.4 Å². The lowest BCUT2D eigenvalue weighted by Crippen LogP contribution is -2.21. The molecular weight excluding hydrogens is 338 g/mol. The van der Waals surface area contributed by atoms with Gasteiger partial charge in [0.25, 0.3) is 0 Å². The maximum atomic E-state index is 6.29. The minimum atomic E-state index is 0.172. The van der Waals surface area contributed by atoms with Crippen LogP contribution in [-0.2, 0) is 6.42 Å². The maximum absolute atomic E-state index is 6.29. The third-order valence-corrected chi connectivity index (χ3v) is 5.72. The molecule has 5 heteroatoms. The Morgan fingerprint density at radius 2 is 2.00 bits per heavy atom. The van der Waals surface area contributed by atoms with Gasteiger partial charge in [-0.05, 0) is 37.8 Å². The van der Waals surface area contributed by atoms with Crippen LogP contribution in [0.2, 0.25) is 0 Å². The van der Waals surface area contributed by atoms with Crippen molar-refractivity contribution >= 4 is 11.0 Å². The minimum Gasteiger partial charge on any atom is -0.497 e. The number of unbranched alkanes of at least 4 members (excludes halogenated alkanes) is 2. The van der Waals surface area contributed by atoms with Crippen molar-refractivity contribution in [2.75, 3.05) is 13.7 Å². The summed E-state index contributed by atoms with van der Waals surface area (Å²) < 4.78 is 11.6. The molecule has 1 aromatic carbocycles. The van der Waals surface area contributed by atoms with Crippen molar-refractivity contribution in [3.8, 4) is 11.6 Å². The summed E-state index contributed by atoms with van der Waals surface area (Å²) in [6.07, 6.45) is 10.2. The number of hydrogen-bond acceptors (Lipinski definition) is 5. The zero-order valence-electron chi connectivity index (χ0n) is 16.5. The van der Waals surface area contributed by atoms with Crippen LogP contribution in [0.25, 0.3) is 11.0 Å². The SMILES string of the molecule is COc1ccc2nc(CCCCCC3CC3)c(OC3CNC(C)C3)nc2c1. The van der Waals surface area contributed by atoms with E-state index in [1.807, 2.05) is 18.2 Å². The van der Waals surface area contributed by atoms with Crippen LogP contribution in [0.5, 0.6) is 11.6 Å². The van der Waals surface area contributed by atoms with Crippen LogP contribution >= 0.6 is 0 Å². The van der Waals surface area contributed by atoms with Crippen LogP contribution in [0.4, 0.5) is 0 Å². The van der Waals surface area contributed by atoms with Crippen LogP contribution < -0.4 is 14.8 Å². The summed E-state index contributed by atoms with van der Waals surface area (Å²) in [6, 6.07) is 6.36. The maximum Gasteiger partial charge on any atom is 0.236 e. The first-order valence-electron chi connectivity index (χ1n) is 10.5. The van der Waals surface area contributed by atoms with Gasteiger partial charge in [-0.15, -0.1) is 0 Å². The summed E-state index contributed by atoms with van der Waals surface area (Å²) in [5, 5.41) is 3.45. The van der Waals surface area contributed by atoms with Crippen LogP contribution in [0.15, 0.2) is 18.2 Å². The molecule has 1 aromatic heterocycles. The zero-order valence-corrected chi connectivity index (χ0v) is 16.5. The van der Waals surface area contributed by atoms with Crippen LogP contribution in [0.3, 0.4) is 0 Å². The second kappa shape index (κ2) is 8.42. The van der Waals surface area contributed by atoms with Crippen molar-refractivity contribution in [3.63, 3.8) is 0 Å². The predicted octanol–water partition coefficient (Wildman–Crippen LogP) is 4.28. The lowest BCUT2D eigenvalue weighted by Gasteiger charge is -2.16. The molecule has 2 atom stereocenters. The third-order valence-electron chi connectivity index (χ3n) is 5.72. The number of aryl methyl sites for hydroxylation is 1. The molecule has 1 saturated heterocycles. The van der Waals surface area contributed by atoms with Crippen LogP contribution in [-0.4, -0.2) is 35.8 Å². The second-order valence-electron chi connectivity index (χ2n) is 8.16. The molecule has 2 aliphatic rings. The summed E-state index contributed by atoms with van der Waals surface area (Å²) in [5.74, 6) is 2.53. The van der Waals surface area contributed by atoms with Crippen molar-refractivity contribution in [2.45, 2.75) is 70.4 Å². The third kappa shape index (κ3) is 4.89. The van der Waals surface area contributed by atoms with E-state index in [2.05, 4.69) is 12.2 Å². The van der Waals surface area contributed by atoms with E-state index >= 15 is 0 Å². The van der Waals surface area contributed by atoms with E-state index in [9.17, 15) is 0 Å². The summed E-state index contributed by atoms with van der Waals surface area (Å²) in [7, 11) is 1.67. The molecule has 2 heterocycles. The van der Waals surface area contributed by atoms with E-state index in [-0.39, 0.29) is 6.10 Å². The van der Waals surface area contributed by atoms with E-state index in [1.54, 1.807) is 7.11 Å². The van der Waals surface area contributed by atoms with E-state index in [0.717, 1.165) is 54.2 Å². The van der Waals surface area contributed by atoms with Gasteiger partial charge < -0.3 is 14.8 Å². The van der Waals surface area contributed by atoms with Crippen molar-refractivity contribution in [1.82, 2.24) is 15.3 Å². The molecule has 0 spiro atoms. The fourth-order valence-corrected chi connectivity index (χ4v) is 3.89. The fourth-order valence-electron chi connectivity index (χ4n) is 3.89. The molecule has 5 nitrogen and oxygen atoms in total. The number of hydrogen-bond donors (Lipinski definition) is 1. The van der Waals surface area contributed by atoms with Crippen molar-refractivity contribution in [1.29, 1.82) is 0 Å². The number of ether oxygens (including phenoxy) is 2. The number of nitrogens with zero attached hydrogens (tertiary/aromatic N) is 2. The van der Waals surface area contributed by atoms with Crippen molar-refractivity contribution < 1.29 is 9.47 Å². The Morgan fingerprint density at radius 1 is 1.11 bits per heavy atom. The van der Waals surface area contributed by atoms with Gasteiger partial charge in [0.05, 0.1) is 18.1 Å². The first kappa shape index (κ1) is 18.5. The minimum absolute atomic E-state index is 0.172. The molecule has 0 radical (unpaired) electrons. The van der Waals surface area contributed by atoms with Crippen molar-refractivity contribution in [3.05, 3.63) is 23.9 Å². The molecule has 2 unspecified atom stereocenters. The van der Waals surface area contributed by atoms with Gasteiger partial charge in [0.2, 0.25) is 5.88 Å². The lowest BCUT2D eigenvalue weighted by atomic mass is 10.1. The van der Waals surface area contributed by atoms with Gasteiger partial charge in [-0.3, -0.25) is 0 Å². The molecule has 146 valence electrons. The number of fused-ring (bicyclic) bond motifs is 1. The van der Waals surface area contributed by atoms with Crippen molar-refractivity contribution in [2.24, 2.45) is 5.92 Å². The number of aromatic nitrogens is 2. The Kier molecular flexibility index (Phi) is 5.77. The van der Waals surface area contributed by atoms with Gasteiger partial charge in [-0.2, -0.15) is 0 Å². The molecule has 2 aromatic rings. The Bertz CT molecular complexity index is 775. The molecule has 1 aliphatic heterocycles. The summed E-state index contributed by atoms with van der Waals surface area (Å²) in [5.41, 5.74) is 2.74. The Morgan fingerprint density at radius 3 is 2.74 bits per heavy atom. The van der Waals surface area contributed by atoms with Gasteiger partial charge in [-0.25, -0.2) is 9.97 Å². The van der Waals surface area contributed by atoms with Gasteiger partial charge in [-0.1, -0.05) is 32.1 Å². The molecule has 0 amide bonds. The summed E-state index contributed by atoms with van der Waals surface area (Å²) in [6.45, 7) is 3.07. The molecule has 1 aliphatic carbocycles. The standard InChI is InChI=1S/C22H31N3O2/c1-15-12-18(14-23-15)27-22-20(7-5-3-4-6-16-8-9-16)24-19-11-10-17(26-2)13-21(19)25-22/h10-11,13,15-16,18,23H,3-9,12,14H2,1-2H3. The first-order valence-corrected chi connectivity index (χ1v) is 10.5. The fraction of sp³-hybridized carbons (Fsp3) is 0.636. The second-order valence-corrected chi connectivity index (χ2v) is 8.16. The average Bonchev–Trinajstić information content (AvgIpc) is 3.41. The monoisotopic (exact) mass is 369 g/mol. The molecular formula is C22H31N3O2. The van der Waals surface area contributed by atoms with Crippen LogP contribution in [0, 0.1) is 5.92 Å². The number of nitrogens with one attached hydrogen (secondary N) is 1. The Labute approximate surface area is 161 Å². The lowest BCUT2D eigenvalue weighted by molar-refractivity contribution is 0.208. The average molecular weight is 370 g/mol. The number of benzene rings is 1. The van der Waals surface area contributed by atoms with Gasteiger partial charge >= 0.3 is 0 Å². The molecule has 0 bridgehead atoms. The Balaban J connectivity index is 1.49. The van der Waals surface area contributed by atoms with Gasteiger partial charge in [0.1, 0.15) is 17.5 Å². The summed E-state index contributed by atoms with van der Waals surface area (Å²) >= 11 is 0. The first-order chi connectivity index (χ1) is 13.2. The number of rotatable bonds is 9. The van der Waals surface area contributed by atoms with E-state index in [1.165, 1.54) is 32.1 Å². The number of methoxy groups -OCH3 is 1. The molecule has 1 saturated carbocycles.